The predicted molar refractivity (Wildman–Crippen MR) is 61.9 cm³/mol. The number of hydrogen-bond acceptors (Lipinski definition) is 2. The lowest BCUT2D eigenvalue weighted by Gasteiger charge is -2.37. The van der Waals surface area contributed by atoms with Gasteiger partial charge < -0.3 is 10.1 Å². The van der Waals surface area contributed by atoms with Gasteiger partial charge in [0.05, 0.1) is 10.4 Å². The molecule has 1 fully saturated rings. The highest BCUT2D eigenvalue weighted by molar-refractivity contribution is 6.34. The van der Waals surface area contributed by atoms with Crippen molar-refractivity contribution < 1.29 is 9.53 Å². The van der Waals surface area contributed by atoms with Crippen LogP contribution in [0.15, 0.2) is 18.2 Å². The number of amides is 1. The molecule has 0 radical (unpaired) electrons. The Hall–Kier alpha value is -1.22. The third kappa shape index (κ3) is 1.31. The molecule has 0 saturated heterocycles. The van der Waals surface area contributed by atoms with Crippen molar-refractivity contribution in [3.63, 3.8) is 0 Å². The van der Waals surface area contributed by atoms with Crippen molar-refractivity contribution in [1.82, 2.24) is 0 Å². The van der Waals surface area contributed by atoms with E-state index in [2.05, 4.69) is 5.32 Å². The number of halogens is 1. The zero-order chi connectivity index (χ0) is 11.2. The predicted octanol–water partition coefficient (Wildman–Crippen LogP) is 2.84. The van der Waals surface area contributed by atoms with Crippen LogP contribution in [-0.4, -0.2) is 12.5 Å². The molecule has 2 aliphatic rings. The fourth-order valence-electron chi connectivity index (χ4n) is 2.25. The minimum Gasteiger partial charge on any atom is -0.490 e. The Morgan fingerprint density at radius 3 is 2.88 bits per heavy atom. The molecule has 3 rings (SSSR count). The van der Waals surface area contributed by atoms with Gasteiger partial charge in [-0.2, -0.15) is 0 Å². The summed E-state index contributed by atoms with van der Waals surface area (Å²) in [5.41, 5.74) is 0.292. The number of ether oxygens (including phenoxy) is 1. The highest BCUT2D eigenvalue weighted by Gasteiger charge is 2.46. The molecule has 1 spiro atoms. The van der Waals surface area contributed by atoms with E-state index in [1.54, 1.807) is 6.07 Å². The molecule has 0 unspecified atom stereocenters. The van der Waals surface area contributed by atoms with E-state index in [1.807, 2.05) is 12.1 Å². The lowest BCUT2D eigenvalue weighted by atomic mass is 9.69. The van der Waals surface area contributed by atoms with Gasteiger partial charge in [-0.3, -0.25) is 4.79 Å². The molecule has 1 aromatic rings. The van der Waals surface area contributed by atoms with Crippen LogP contribution in [0.25, 0.3) is 0 Å². The van der Waals surface area contributed by atoms with E-state index in [0.29, 0.717) is 23.1 Å². The zero-order valence-corrected chi connectivity index (χ0v) is 9.51. The van der Waals surface area contributed by atoms with Crippen LogP contribution in [0.2, 0.25) is 5.02 Å². The summed E-state index contributed by atoms with van der Waals surface area (Å²) in [6.45, 7) is 0.464. The molecule has 0 atom stereocenters. The summed E-state index contributed by atoms with van der Waals surface area (Å²) in [6, 6.07) is 5.41. The Labute approximate surface area is 98.7 Å². The molecule has 1 N–H and O–H groups in total. The van der Waals surface area contributed by atoms with Gasteiger partial charge in [0.25, 0.3) is 0 Å². The van der Waals surface area contributed by atoms with E-state index < -0.39 is 0 Å². The second-order valence-electron chi connectivity index (χ2n) is 4.49. The van der Waals surface area contributed by atoms with Gasteiger partial charge in [0.15, 0.2) is 0 Å². The molecule has 1 saturated carbocycles. The van der Waals surface area contributed by atoms with Crippen LogP contribution >= 0.6 is 11.6 Å². The number of fused-ring (bicyclic) bond motifs is 1. The normalized spacial score (nSPS) is 21.4. The summed E-state index contributed by atoms with van der Waals surface area (Å²) >= 11 is 6.04. The Morgan fingerprint density at radius 1 is 1.38 bits per heavy atom. The average Bonchev–Trinajstić information content (AvgIpc) is 2.35. The van der Waals surface area contributed by atoms with Gasteiger partial charge in [0.2, 0.25) is 5.91 Å². The van der Waals surface area contributed by atoms with Crippen LogP contribution in [0, 0.1) is 5.41 Å². The molecular formula is C12H12ClNO2. The standard InChI is InChI=1S/C12H12ClNO2/c13-8-3-1-4-9-10(8)14-11(15)12(7-16-9)5-2-6-12/h1,3-4H,2,5-7H2,(H,14,15). The number of nitrogens with one attached hydrogen (secondary N) is 1. The smallest absolute Gasteiger partial charge is 0.234 e. The molecule has 1 heterocycles. The molecule has 1 aliphatic heterocycles. The van der Waals surface area contributed by atoms with Crippen molar-refractivity contribution in [2.75, 3.05) is 11.9 Å². The van der Waals surface area contributed by atoms with Crippen LogP contribution in [0.4, 0.5) is 5.69 Å². The minimum atomic E-state index is -0.317. The monoisotopic (exact) mass is 237 g/mol. The van der Waals surface area contributed by atoms with Crippen LogP contribution < -0.4 is 10.1 Å². The van der Waals surface area contributed by atoms with Gasteiger partial charge >= 0.3 is 0 Å². The zero-order valence-electron chi connectivity index (χ0n) is 8.75. The van der Waals surface area contributed by atoms with E-state index in [4.69, 9.17) is 16.3 Å². The molecule has 1 amide bonds. The maximum atomic E-state index is 12.1. The number of carbonyl (C=O) groups excluding carboxylic acids is 1. The third-order valence-electron chi connectivity index (χ3n) is 3.51. The van der Waals surface area contributed by atoms with Crippen molar-refractivity contribution in [1.29, 1.82) is 0 Å². The maximum Gasteiger partial charge on any atom is 0.234 e. The second kappa shape index (κ2) is 3.39. The summed E-state index contributed by atoms with van der Waals surface area (Å²) in [5, 5.41) is 3.42. The number of para-hydroxylation sites is 1. The highest BCUT2D eigenvalue weighted by atomic mass is 35.5. The molecule has 3 nitrogen and oxygen atoms in total. The molecule has 1 aliphatic carbocycles. The number of carbonyl (C=O) groups is 1. The van der Waals surface area contributed by atoms with E-state index in [-0.39, 0.29) is 11.3 Å². The van der Waals surface area contributed by atoms with Crippen LogP contribution in [0.5, 0.6) is 5.75 Å². The fourth-order valence-corrected chi connectivity index (χ4v) is 2.46. The van der Waals surface area contributed by atoms with Gasteiger partial charge in [-0.15, -0.1) is 0 Å². The van der Waals surface area contributed by atoms with Gasteiger partial charge in [-0.25, -0.2) is 0 Å². The average molecular weight is 238 g/mol. The van der Waals surface area contributed by atoms with Crippen molar-refractivity contribution in [3.05, 3.63) is 23.2 Å². The van der Waals surface area contributed by atoms with Crippen molar-refractivity contribution in [2.24, 2.45) is 5.41 Å². The van der Waals surface area contributed by atoms with Crippen LogP contribution in [0.3, 0.4) is 0 Å². The summed E-state index contributed by atoms with van der Waals surface area (Å²) in [5.74, 6) is 0.718. The summed E-state index contributed by atoms with van der Waals surface area (Å²) in [4.78, 5) is 12.1. The largest absolute Gasteiger partial charge is 0.490 e. The lowest BCUT2D eigenvalue weighted by molar-refractivity contribution is -0.132. The van der Waals surface area contributed by atoms with E-state index in [9.17, 15) is 4.79 Å². The third-order valence-corrected chi connectivity index (χ3v) is 3.83. The first-order chi connectivity index (χ1) is 7.71. The Bertz CT molecular complexity index is 454. The minimum absolute atomic E-state index is 0.0469. The summed E-state index contributed by atoms with van der Waals surface area (Å²) in [7, 11) is 0. The lowest BCUT2D eigenvalue weighted by Crippen LogP contribution is -2.45. The molecule has 0 aromatic heterocycles. The van der Waals surface area contributed by atoms with E-state index >= 15 is 0 Å². The van der Waals surface area contributed by atoms with Crippen molar-refractivity contribution in [2.45, 2.75) is 19.3 Å². The highest BCUT2D eigenvalue weighted by Crippen LogP contribution is 2.46. The Balaban J connectivity index is 2.00. The van der Waals surface area contributed by atoms with Gasteiger partial charge in [0, 0.05) is 0 Å². The maximum absolute atomic E-state index is 12.1. The summed E-state index contributed by atoms with van der Waals surface area (Å²) in [6.07, 6.45) is 2.91. The Kier molecular flexibility index (Phi) is 2.11. The van der Waals surface area contributed by atoms with E-state index in [0.717, 1.165) is 19.3 Å². The second-order valence-corrected chi connectivity index (χ2v) is 4.90. The molecule has 4 heteroatoms. The number of benzene rings is 1. The quantitative estimate of drug-likeness (QED) is 0.754. The van der Waals surface area contributed by atoms with E-state index in [1.165, 1.54) is 0 Å². The first kappa shape index (κ1) is 9.97. The first-order valence-electron chi connectivity index (χ1n) is 5.44. The SMILES string of the molecule is O=C1Nc2c(Cl)cccc2OCC12CCC2. The number of anilines is 1. The fraction of sp³-hybridized carbons (Fsp3) is 0.417. The van der Waals surface area contributed by atoms with Crippen molar-refractivity contribution >= 4 is 23.2 Å². The molecule has 1 aromatic carbocycles. The van der Waals surface area contributed by atoms with Crippen LogP contribution in [-0.2, 0) is 4.79 Å². The molecule has 16 heavy (non-hydrogen) atoms. The van der Waals surface area contributed by atoms with Crippen molar-refractivity contribution in [3.8, 4) is 5.75 Å². The number of hydrogen-bond donors (Lipinski definition) is 1. The van der Waals surface area contributed by atoms with Crippen LogP contribution in [0.1, 0.15) is 19.3 Å². The molecule has 0 bridgehead atoms. The van der Waals surface area contributed by atoms with Gasteiger partial charge in [0.1, 0.15) is 18.0 Å². The Morgan fingerprint density at radius 2 is 2.19 bits per heavy atom. The molecule has 84 valence electrons. The van der Waals surface area contributed by atoms with Gasteiger partial charge in [-0.05, 0) is 25.0 Å². The summed E-state index contributed by atoms with van der Waals surface area (Å²) < 4.78 is 5.69. The number of rotatable bonds is 0. The topological polar surface area (TPSA) is 38.3 Å². The first-order valence-corrected chi connectivity index (χ1v) is 5.82. The van der Waals surface area contributed by atoms with Gasteiger partial charge in [-0.1, -0.05) is 24.1 Å². The molecular weight excluding hydrogens is 226 g/mol.